The number of benzene rings is 3. The summed E-state index contributed by atoms with van der Waals surface area (Å²) in [5, 5.41) is 5.52. The lowest BCUT2D eigenvalue weighted by Crippen LogP contribution is -2.34. The predicted molar refractivity (Wildman–Crippen MR) is 139 cm³/mol. The normalized spacial score (nSPS) is 10.7. The van der Waals surface area contributed by atoms with E-state index in [1.54, 1.807) is 36.4 Å². The summed E-state index contributed by atoms with van der Waals surface area (Å²) >= 11 is 5.21. The first-order valence-electron chi connectivity index (χ1n) is 10.6. The van der Waals surface area contributed by atoms with Gasteiger partial charge in [0.1, 0.15) is 24.7 Å². The Morgan fingerprint density at radius 3 is 2.26 bits per heavy atom. The Bertz CT molecular complexity index is 1260. The second kappa shape index (κ2) is 12.7. The van der Waals surface area contributed by atoms with E-state index in [9.17, 15) is 13.2 Å². The number of amides is 1. The van der Waals surface area contributed by atoms with Crippen LogP contribution < -0.4 is 24.8 Å². The van der Waals surface area contributed by atoms with Crippen molar-refractivity contribution in [2.45, 2.75) is 4.90 Å². The van der Waals surface area contributed by atoms with Crippen molar-refractivity contribution in [3.63, 3.8) is 0 Å². The van der Waals surface area contributed by atoms with Crippen molar-refractivity contribution >= 4 is 38.9 Å². The van der Waals surface area contributed by atoms with Gasteiger partial charge in [-0.25, -0.2) is 13.1 Å². The SMILES string of the molecule is C=CCNS(=O)(=O)c1ccc(NC(=S)NC(=O)c2cccc(OCCOc3ccccc3)c2)cc1. The van der Waals surface area contributed by atoms with Gasteiger partial charge in [-0.15, -0.1) is 6.58 Å². The zero-order valence-electron chi connectivity index (χ0n) is 18.8. The molecule has 0 radical (unpaired) electrons. The number of carbonyl (C=O) groups is 1. The smallest absolute Gasteiger partial charge is 0.257 e. The summed E-state index contributed by atoms with van der Waals surface area (Å²) in [4.78, 5) is 12.7. The number of thiocarbonyl (C=S) groups is 1. The molecule has 0 atom stereocenters. The van der Waals surface area contributed by atoms with E-state index in [1.165, 1.54) is 18.2 Å². The molecule has 0 fully saturated rings. The molecule has 0 aliphatic carbocycles. The molecule has 0 spiro atoms. The van der Waals surface area contributed by atoms with Crippen LogP contribution in [-0.4, -0.2) is 39.2 Å². The summed E-state index contributed by atoms with van der Waals surface area (Å²) in [5.74, 6) is 0.863. The van der Waals surface area contributed by atoms with Crippen LogP contribution in [0.5, 0.6) is 11.5 Å². The first-order valence-corrected chi connectivity index (χ1v) is 12.5. The Morgan fingerprint density at radius 1 is 0.914 bits per heavy atom. The largest absolute Gasteiger partial charge is 0.490 e. The van der Waals surface area contributed by atoms with E-state index < -0.39 is 15.9 Å². The number of para-hydroxylation sites is 1. The lowest BCUT2D eigenvalue weighted by atomic mass is 10.2. The third kappa shape index (κ3) is 8.21. The maximum Gasteiger partial charge on any atom is 0.257 e. The molecule has 3 N–H and O–H groups in total. The quantitative estimate of drug-likeness (QED) is 0.205. The van der Waals surface area contributed by atoms with Gasteiger partial charge in [0.2, 0.25) is 10.0 Å². The summed E-state index contributed by atoms with van der Waals surface area (Å²) < 4.78 is 37.9. The van der Waals surface area contributed by atoms with Gasteiger partial charge < -0.3 is 14.8 Å². The van der Waals surface area contributed by atoms with Gasteiger partial charge in [0.05, 0.1) is 4.90 Å². The molecule has 0 aliphatic rings. The van der Waals surface area contributed by atoms with Crippen molar-refractivity contribution in [2.24, 2.45) is 0 Å². The average molecular weight is 512 g/mol. The minimum atomic E-state index is -3.62. The minimum Gasteiger partial charge on any atom is -0.490 e. The fraction of sp³-hybridized carbons (Fsp3) is 0.120. The van der Waals surface area contributed by atoms with Crippen LogP contribution in [0.15, 0.2) is 96.4 Å². The molecule has 0 aromatic heterocycles. The zero-order chi connectivity index (χ0) is 25.1. The van der Waals surface area contributed by atoms with Crippen LogP contribution in [0.2, 0.25) is 0 Å². The van der Waals surface area contributed by atoms with Crippen molar-refractivity contribution in [1.82, 2.24) is 10.0 Å². The summed E-state index contributed by atoms with van der Waals surface area (Å²) in [7, 11) is -3.62. The van der Waals surface area contributed by atoms with Crippen molar-refractivity contribution in [2.75, 3.05) is 25.1 Å². The third-order valence-corrected chi connectivity index (χ3v) is 6.17. The van der Waals surface area contributed by atoms with Crippen LogP contribution in [0.3, 0.4) is 0 Å². The maximum atomic E-state index is 12.6. The van der Waals surface area contributed by atoms with Crippen LogP contribution in [0, 0.1) is 0 Å². The first kappa shape index (κ1) is 25.9. The van der Waals surface area contributed by atoms with Crippen LogP contribution in [0.25, 0.3) is 0 Å². The van der Waals surface area contributed by atoms with Gasteiger partial charge >= 0.3 is 0 Å². The molecule has 3 aromatic rings. The van der Waals surface area contributed by atoms with E-state index in [1.807, 2.05) is 30.3 Å². The Kier molecular flexibility index (Phi) is 9.36. The van der Waals surface area contributed by atoms with E-state index in [4.69, 9.17) is 21.7 Å². The predicted octanol–water partition coefficient (Wildman–Crippen LogP) is 3.74. The molecule has 0 heterocycles. The summed E-state index contributed by atoms with van der Waals surface area (Å²) in [6.07, 6.45) is 1.46. The lowest BCUT2D eigenvalue weighted by Gasteiger charge is -2.12. The van der Waals surface area contributed by atoms with Crippen LogP contribution in [0.4, 0.5) is 5.69 Å². The van der Waals surface area contributed by atoms with Crippen LogP contribution in [-0.2, 0) is 10.0 Å². The van der Waals surface area contributed by atoms with Crippen molar-refractivity contribution in [3.8, 4) is 11.5 Å². The molecule has 0 saturated heterocycles. The second-order valence-corrected chi connectivity index (χ2v) is 9.29. The number of nitrogens with one attached hydrogen (secondary N) is 3. The number of ether oxygens (including phenoxy) is 2. The molecule has 3 rings (SSSR count). The summed E-state index contributed by atoms with van der Waals surface area (Å²) in [6.45, 7) is 4.29. The van der Waals surface area contributed by atoms with Gasteiger partial charge in [0, 0.05) is 17.8 Å². The van der Waals surface area contributed by atoms with Gasteiger partial charge in [-0.1, -0.05) is 30.3 Å². The van der Waals surface area contributed by atoms with E-state index in [0.717, 1.165) is 5.75 Å². The highest BCUT2D eigenvalue weighted by Crippen LogP contribution is 2.16. The number of anilines is 1. The number of carbonyl (C=O) groups excluding carboxylic acids is 1. The second-order valence-electron chi connectivity index (χ2n) is 7.11. The molecule has 182 valence electrons. The van der Waals surface area contributed by atoms with E-state index >= 15 is 0 Å². The zero-order valence-corrected chi connectivity index (χ0v) is 20.4. The molecular weight excluding hydrogens is 486 g/mol. The first-order chi connectivity index (χ1) is 16.9. The molecule has 1 amide bonds. The number of rotatable bonds is 11. The number of hydrogen-bond donors (Lipinski definition) is 3. The van der Waals surface area contributed by atoms with Gasteiger partial charge in [0.15, 0.2) is 5.11 Å². The van der Waals surface area contributed by atoms with Gasteiger partial charge in [-0.05, 0) is 66.8 Å². The fourth-order valence-corrected chi connectivity index (χ4v) is 4.08. The molecule has 8 nitrogen and oxygen atoms in total. The summed E-state index contributed by atoms with van der Waals surface area (Å²) in [6, 6.07) is 22.1. The topological polar surface area (TPSA) is 106 Å². The highest BCUT2D eigenvalue weighted by molar-refractivity contribution is 7.89. The van der Waals surface area contributed by atoms with Crippen molar-refractivity contribution in [3.05, 3.63) is 97.1 Å². The van der Waals surface area contributed by atoms with Crippen molar-refractivity contribution in [1.29, 1.82) is 0 Å². The maximum absolute atomic E-state index is 12.6. The molecule has 0 bridgehead atoms. The van der Waals surface area contributed by atoms with E-state index in [2.05, 4.69) is 21.9 Å². The Balaban J connectivity index is 1.49. The van der Waals surface area contributed by atoms with Gasteiger partial charge in [-0.3, -0.25) is 10.1 Å². The molecule has 0 saturated carbocycles. The third-order valence-electron chi connectivity index (χ3n) is 4.53. The number of hydrogen-bond acceptors (Lipinski definition) is 6. The average Bonchev–Trinajstić information content (AvgIpc) is 2.86. The Morgan fingerprint density at radius 2 is 1.57 bits per heavy atom. The molecular formula is C25H25N3O5S2. The summed E-state index contributed by atoms with van der Waals surface area (Å²) in [5.41, 5.74) is 0.888. The van der Waals surface area contributed by atoms with Crippen molar-refractivity contribution < 1.29 is 22.7 Å². The monoisotopic (exact) mass is 511 g/mol. The highest BCUT2D eigenvalue weighted by Gasteiger charge is 2.13. The molecule has 10 heteroatoms. The van der Waals surface area contributed by atoms with E-state index in [0.29, 0.717) is 30.2 Å². The molecule has 0 unspecified atom stereocenters. The lowest BCUT2D eigenvalue weighted by molar-refractivity contribution is 0.0977. The molecule has 3 aromatic carbocycles. The van der Waals surface area contributed by atoms with Crippen LogP contribution in [0.1, 0.15) is 10.4 Å². The number of sulfonamides is 1. The molecule has 0 aliphatic heterocycles. The highest BCUT2D eigenvalue weighted by atomic mass is 32.2. The van der Waals surface area contributed by atoms with Gasteiger partial charge in [0.25, 0.3) is 5.91 Å². The fourth-order valence-electron chi connectivity index (χ4n) is 2.87. The standard InChI is InChI=1S/C25H25N3O5S2/c1-2-15-26-35(30,31)23-13-11-20(12-14-23)27-25(34)28-24(29)19-7-6-10-22(18-19)33-17-16-32-21-8-4-3-5-9-21/h2-14,18,26H,1,15-17H2,(H2,27,28,29,34). The van der Waals surface area contributed by atoms with E-state index in [-0.39, 0.29) is 16.6 Å². The minimum absolute atomic E-state index is 0.0676. The molecule has 35 heavy (non-hydrogen) atoms. The Hall–Kier alpha value is -3.73. The van der Waals surface area contributed by atoms with Gasteiger partial charge in [-0.2, -0.15) is 0 Å². The van der Waals surface area contributed by atoms with Crippen LogP contribution >= 0.6 is 12.2 Å². The Labute approximate surface area is 210 Å².